The molecule has 0 amide bonds. The van der Waals surface area contributed by atoms with Crippen LogP contribution in [0.3, 0.4) is 0 Å². The summed E-state index contributed by atoms with van der Waals surface area (Å²) in [7, 11) is 0. The lowest BCUT2D eigenvalue weighted by Crippen LogP contribution is -2.45. The van der Waals surface area contributed by atoms with Crippen LogP contribution in [0.1, 0.15) is 31.9 Å². The zero-order valence-electron chi connectivity index (χ0n) is 12.3. The summed E-state index contributed by atoms with van der Waals surface area (Å²) in [5, 5.41) is 3.25. The highest BCUT2D eigenvalue weighted by Gasteiger charge is 2.29. The van der Waals surface area contributed by atoms with Gasteiger partial charge in [0.05, 0.1) is 5.02 Å². The number of benzene rings is 1. The standard InChI is InChI=1S/C15H21ClF2N2.ClH/c1-10(2)9-13(20-7-5-19-6-8-20)14-12(17)4-3-11(16)15(14)18;/h3-4,10,13,19H,5-9H2,1-2H3;1H/t13-;/m1./s1. The zero-order valence-corrected chi connectivity index (χ0v) is 13.9. The highest BCUT2D eigenvalue weighted by molar-refractivity contribution is 6.30. The molecular formula is C15H22Cl2F2N2. The number of hydrogen-bond donors (Lipinski definition) is 1. The van der Waals surface area contributed by atoms with Crippen molar-refractivity contribution in [1.29, 1.82) is 0 Å². The van der Waals surface area contributed by atoms with Gasteiger partial charge in [0, 0.05) is 37.8 Å². The SMILES string of the molecule is CC(C)C[C@H](c1c(F)ccc(Cl)c1F)N1CCNCC1.Cl. The summed E-state index contributed by atoms with van der Waals surface area (Å²) in [5.74, 6) is -0.764. The van der Waals surface area contributed by atoms with Crippen LogP contribution in [0.15, 0.2) is 12.1 Å². The van der Waals surface area contributed by atoms with Crippen molar-refractivity contribution >= 4 is 24.0 Å². The number of halogens is 4. The van der Waals surface area contributed by atoms with Gasteiger partial charge in [-0.3, -0.25) is 4.90 Å². The molecule has 2 rings (SSSR count). The van der Waals surface area contributed by atoms with Crippen LogP contribution in [0.2, 0.25) is 5.02 Å². The average molecular weight is 339 g/mol. The minimum absolute atomic E-state index is 0. The lowest BCUT2D eigenvalue weighted by atomic mass is 9.94. The molecule has 0 saturated carbocycles. The Labute approximate surface area is 136 Å². The van der Waals surface area contributed by atoms with Gasteiger partial charge >= 0.3 is 0 Å². The molecule has 21 heavy (non-hydrogen) atoms. The molecule has 1 aromatic rings. The van der Waals surface area contributed by atoms with E-state index in [4.69, 9.17) is 11.6 Å². The monoisotopic (exact) mass is 338 g/mol. The molecule has 1 N–H and O–H groups in total. The molecule has 1 fully saturated rings. The average Bonchev–Trinajstić information content (AvgIpc) is 2.43. The summed E-state index contributed by atoms with van der Waals surface area (Å²) in [6.45, 7) is 7.41. The van der Waals surface area contributed by atoms with Crippen LogP contribution in [0.4, 0.5) is 8.78 Å². The van der Waals surface area contributed by atoms with Gasteiger partial charge in [0.1, 0.15) is 11.6 Å². The van der Waals surface area contributed by atoms with Crippen molar-refractivity contribution < 1.29 is 8.78 Å². The van der Waals surface area contributed by atoms with E-state index in [0.29, 0.717) is 12.3 Å². The third-order valence-electron chi connectivity index (χ3n) is 3.70. The van der Waals surface area contributed by atoms with Gasteiger partial charge in [0.25, 0.3) is 0 Å². The summed E-state index contributed by atoms with van der Waals surface area (Å²) in [4.78, 5) is 2.15. The highest BCUT2D eigenvalue weighted by atomic mass is 35.5. The molecule has 0 aliphatic carbocycles. The van der Waals surface area contributed by atoms with E-state index in [1.165, 1.54) is 12.1 Å². The lowest BCUT2D eigenvalue weighted by Gasteiger charge is -2.36. The van der Waals surface area contributed by atoms with Crippen LogP contribution in [0, 0.1) is 17.6 Å². The van der Waals surface area contributed by atoms with Crippen molar-refractivity contribution in [2.45, 2.75) is 26.3 Å². The quantitative estimate of drug-likeness (QED) is 0.833. The van der Waals surface area contributed by atoms with Gasteiger partial charge in [-0.2, -0.15) is 0 Å². The van der Waals surface area contributed by atoms with Gasteiger partial charge < -0.3 is 5.32 Å². The van der Waals surface area contributed by atoms with E-state index in [2.05, 4.69) is 24.1 Å². The Morgan fingerprint density at radius 3 is 2.43 bits per heavy atom. The Kier molecular flexibility index (Phi) is 7.34. The van der Waals surface area contributed by atoms with Gasteiger partial charge in [-0.05, 0) is 24.5 Å². The van der Waals surface area contributed by atoms with Gasteiger partial charge in [-0.25, -0.2) is 8.78 Å². The van der Waals surface area contributed by atoms with Gasteiger partial charge in [0.2, 0.25) is 0 Å². The second kappa shape index (κ2) is 8.28. The summed E-state index contributed by atoms with van der Waals surface area (Å²) >= 11 is 5.83. The molecule has 1 heterocycles. The third-order valence-corrected chi connectivity index (χ3v) is 3.99. The fourth-order valence-electron chi connectivity index (χ4n) is 2.74. The van der Waals surface area contributed by atoms with E-state index < -0.39 is 11.6 Å². The summed E-state index contributed by atoms with van der Waals surface area (Å²) in [6.07, 6.45) is 0.716. The molecule has 0 unspecified atom stereocenters. The summed E-state index contributed by atoms with van der Waals surface area (Å²) in [5.41, 5.74) is 0.119. The lowest BCUT2D eigenvalue weighted by molar-refractivity contribution is 0.147. The molecule has 0 spiro atoms. The maximum absolute atomic E-state index is 14.3. The fourth-order valence-corrected chi connectivity index (χ4v) is 2.90. The largest absolute Gasteiger partial charge is 0.314 e. The first kappa shape index (κ1) is 18.6. The molecule has 0 radical (unpaired) electrons. The number of piperazine rings is 1. The first-order chi connectivity index (χ1) is 9.50. The maximum atomic E-state index is 14.3. The Balaban J connectivity index is 0.00000220. The summed E-state index contributed by atoms with van der Waals surface area (Å²) in [6, 6.07) is 2.28. The van der Waals surface area contributed by atoms with Crippen molar-refractivity contribution in [3.05, 3.63) is 34.4 Å². The van der Waals surface area contributed by atoms with E-state index in [1.54, 1.807) is 0 Å². The fraction of sp³-hybridized carbons (Fsp3) is 0.600. The van der Waals surface area contributed by atoms with E-state index in [-0.39, 0.29) is 29.0 Å². The van der Waals surface area contributed by atoms with E-state index in [0.717, 1.165) is 26.2 Å². The van der Waals surface area contributed by atoms with Crippen LogP contribution in [-0.4, -0.2) is 31.1 Å². The molecular weight excluding hydrogens is 317 g/mol. The molecule has 1 atom stereocenters. The van der Waals surface area contributed by atoms with Crippen LogP contribution >= 0.6 is 24.0 Å². The second-order valence-corrected chi connectivity index (χ2v) is 6.10. The van der Waals surface area contributed by atoms with Crippen molar-refractivity contribution in [1.82, 2.24) is 10.2 Å². The number of hydrogen-bond acceptors (Lipinski definition) is 2. The smallest absolute Gasteiger partial charge is 0.149 e. The number of rotatable bonds is 4. The van der Waals surface area contributed by atoms with Crippen molar-refractivity contribution in [3.63, 3.8) is 0 Å². The van der Waals surface area contributed by atoms with Crippen LogP contribution in [-0.2, 0) is 0 Å². The van der Waals surface area contributed by atoms with Crippen LogP contribution in [0.25, 0.3) is 0 Å². The van der Waals surface area contributed by atoms with Crippen molar-refractivity contribution in [2.75, 3.05) is 26.2 Å². The Morgan fingerprint density at radius 2 is 1.86 bits per heavy atom. The molecule has 2 nitrogen and oxygen atoms in total. The minimum Gasteiger partial charge on any atom is -0.314 e. The Bertz CT molecular complexity index is 463. The van der Waals surface area contributed by atoms with Crippen LogP contribution in [0.5, 0.6) is 0 Å². The molecule has 0 aromatic heterocycles. The van der Waals surface area contributed by atoms with E-state index >= 15 is 0 Å². The van der Waals surface area contributed by atoms with Gasteiger partial charge in [-0.1, -0.05) is 25.4 Å². The Morgan fingerprint density at radius 1 is 1.24 bits per heavy atom. The second-order valence-electron chi connectivity index (χ2n) is 5.69. The zero-order chi connectivity index (χ0) is 14.7. The first-order valence-corrected chi connectivity index (χ1v) is 7.46. The predicted molar refractivity (Wildman–Crippen MR) is 85.3 cm³/mol. The minimum atomic E-state index is -0.615. The third kappa shape index (κ3) is 4.52. The van der Waals surface area contributed by atoms with Crippen molar-refractivity contribution in [2.24, 2.45) is 5.92 Å². The molecule has 6 heteroatoms. The number of nitrogens with zero attached hydrogens (tertiary/aromatic N) is 1. The topological polar surface area (TPSA) is 15.3 Å². The molecule has 1 aromatic carbocycles. The highest BCUT2D eigenvalue weighted by Crippen LogP contribution is 2.34. The van der Waals surface area contributed by atoms with Crippen LogP contribution < -0.4 is 5.32 Å². The number of nitrogens with one attached hydrogen (secondary N) is 1. The molecule has 1 aliphatic heterocycles. The molecule has 1 saturated heterocycles. The maximum Gasteiger partial charge on any atom is 0.149 e. The predicted octanol–water partition coefficient (Wildman–Crippen LogP) is 4.03. The molecule has 120 valence electrons. The summed E-state index contributed by atoms with van der Waals surface area (Å²) < 4.78 is 28.4. The van der Waals surface area contributed by atoms with Crippen molar-refractivity contribution in [3.8, 4) is 0 Å². The van der Waals surface area contributed by atoms with Gasteiger partial charge in [0.15, 0.2) is 0 Å². The molecule has 0 bridgehead atoms. The van der Waals surface area contributed by atoms with Gasteiger partial charge in [-0.15, -0.1) is 12.4 Å². The first-order valence-electron chi connectivity index (χ1n) is 7.09. The van der Waals surface area contributed by atoms with E-state index in [1.807, 2.05) is 0 Å². The normalized spacial score (nSPS) is 17.6. The van der Waals surface area contributed by atoms with E-state index in [9.17, 15) is 8.78 Å². The Hall–Kier alpha value is -0.420. The molecule has 1 aliphatic rings.